The lowest BCUT2D eigenvalue weighted by Gasteiger charge is -2.37. The van der Waals surface area contributed by atoms with Crippen LogP contribution in [0.1, 0.15) is 39.0 Å². The second kappa shape index (κ2) is 5.83. The molecule has 17 heavy (non-hydrogen) atoms. The summed E-state index contributed by atoms with van der Waals surface area (Å²) in [5.41, 5.74) is 5.70. The van der Waals surface area contributed by atoms with Gasteiger partial charge in [0.25, 0.3) is 0 Å². The topological polar surface area (TPSA) is 49.6 Å². The molecule has 2 fully saturated rings. The molecule has 2 unspecified atom stereocenters. The standard InChI is InChI=1S/C13H25N3O/c1-11(14)9-13(17)16-8-4-5-12(10-16)15-6-2-3-7-15/h11-12H,2-10,14H2,1H3. The fourth-order valence-electron chi connectivity index (χ4n) is 2.99. The summed E-state index contributed by atoms with van der Waals surface area (Å²) in [7, 11) is 0. The number of hydrogen-bond donors (Lipinski definition) is 1. The molecule has 0 aromatic carbocycles. The summed E-state index contributed by atoms with van der Waals surface area (Å²) in [4.78, 5) is 16.6. The summed E-state index contributed by atoms with van der Waals surface area (Å²) < 4.78 is 0. The lowest BCUT2D eigenvalue weighted by Crippen LogP contribution is -2.49. The minimum Gasteiger partial charge on any atom is -0.341 e. The van der Waals surface area contributed by atoms with Crippen LogP contribution in [0.25, 0.3) is 0 Å². The molecule has 2 aliphatic heterocycles. The number of rotatable bonds is 3. The van der Waals surface area contributed by atoms with E-state index in [4.69, 9.17) is 5.73 Å². The first-order valence-electron chi connectivity index (χ1n) is 6.94. The van der Waals surface area contributed by atoms with E-state index in [1.165, 1.54) is 32.4 Å². The Morgan fingerprint density at radius 2 is 2.00 bits per heavy atom. The molecule has 2 N–H and O–H groups in total. The molecule has 2 atom stereocenters. The van der Waals surface area contributed by atoms with E-state index in [0.29, 0.717) is 12.5 Å². The zero-order chi connectivity index (χ0) is 12.3. The Morgan fingerprint density at radius 1 is 1.29 bits per heavy atom. The van der Waals surface area contributed by atoms with Gasteiger partial charge in [-0.2, -0.15) is 0 Å². The maximum absolute atomic E-state index is 12.0. The van der Waals surface area contributed by atoms with Crippen molar-refractivity contribution < 1.29 is 4.79 Å². The van der Waals surface area contributed by atoms with E-state index in [-0.39, 0.29) is 11.9 Å². The SMILES string of the molecule is CC(N)CC(=O)N1CCCC(N2CCCC2)C1. The Bertz CT molecular complexity index is 261. The third kappa shape index (κ3) is 3.42. The van der Waals surface area contributed by atoms with E-state index in [2.05, 4.69) is 4.90 Å². The summed E-state index contributed by atoms with van der Waals surface area (Å²) in [6.07, 6.45) is 5.54. The summed E-state index contributed by atoms with van der Waals surface area (Å²) in [5.74, 6) is 0.240. The Hall–Kier alpha value is -0.610. The molecule has 2 rings (SSSR count). The van der Waals surface area contributed by atoms with Gasteiger partial charge in [0.2, 0.25) is 5.91 Å². The highest BCUT2D eigenvalue weighted by atomic mass is 16.2. The normalized spacial score (nSPS) is 28.4. The highest BCUT2D eigenvalue weighted by Gasteiger charge is 2.29. The highest BCUT2D eigenvalue weighted by Crippen LogP contribution is 2.20. The zero-order valence-electron chi connectivity index (χ0n) is 10.9. The van der Waals surface area contributed by atoms with Crippen LogP contribution >= 0.6 is 0 Å². The van der Waals surface area contributed by atoms with Crippen LogP contribution in [0, 0.1) is 0 Å². The molecule has 4 heteroatoms. The van der Waals surface area contributed by atoms with Gasteiger partial charge in [0.1, 0.15) is 0 Å². The van der Waals surface area contributed by atoms with Gasteiger partial charge in [0.15, 0.2) is 0 Å². The molecule has 0 spiro atoms. The summed E-state index contributed by atoms with van der Waals surface area (Å²) in [6, 6.07) is 0.581. The molecule has 4 nitrogen and oxygen atoms in total. The minimum atomic E-state index is -0.0188. The highest BCUT2D eigenvalue weighted by molar-refractivity contribution is 5.76. The number of hydrogen-bond acceptors (Lipinski definition) is 3. The molecular weight excluding hydrogens is 214 g/mol. The molecule has 1 amide bonds. The predicted molar refractivity (Wildman–Crippen MR) is 68.7 cm³/mol. The van der Waals surface area contributed by atoms with E-state index in [1.807, 2.05) is 11.8 Å². The van der Waals surface area contributed by atoms with Crippen LogP contribution in [-0.2, 0) is 4.79 Å². The van der Waals surface area contributed by atoms with Crippen LogP contribution in [0.4, 0.5) is 0 Å². The van der Waals surface area contributed by atoms with E-state index in [1.54, 1.807) is 0 Å². The second-order valence-electron chi connectivity index (χ2n) is 5.56. The maximum Gasteiger partial charge on any atom is 0.224 e. The van der Waals surface area contributed by atoms with Gasteiger partial charge < -0.3 is 10.6 Å². The monoisotopic (exact) mass is 239 g/mol. The van der Waals surface area contributed by atoms with Crippen molar-refractivity contribution in [3.8, 4) is 0 Å². The van der Waals surface area contributed by atoms with Crippen molar-refractivity contribution in [2.75, 3.05) is 26.2 Å². The Morgan fingerprint density at radius 3 is 2.65 bits per heavy atom. The number of piperidine rings is 1. The van der Waals surface area contributed by atoms with Gasteiger partial charge in [-0.15, -0.1) is 0 Å². The van der Waals surface area contributed by atoms with Crippen LogP contribution in [0.15, 0.2) is 0 Å². The molecule has 2 heterocycles. The van der Waals surface area contributed by atoms with Crippen molar-refractivity contribution in [3.05, 3.63) is 0 Å². The molecule has 0 aromatic heterocycles. The van der Waals surface area contributed by atoms with Gasteiger partial charge in [-0.25, -0.2) is 0 Å². The zero-order valence-corrected chi connectivity index (χ0v) is 10.9. The van der Waals surface area contributed by atoms with Crippen molar-refractivity contribution in [2.45, 2.75) is 51.1 Å². The lowest BCUT2D eigenvalue weighted by atomic mass is 10.0. The average Bonchev–Trinajstić information content (AvgIpc) is 2.82. The summed E-state index contributed by atoms with van der Waals surface area (Å²) >= 11 is 0. The number of carbonyl (C=O) groups is 1. The summed E-state index contributed by atoms with van der Waals surface area (Å²) in [5, 5.41) is 0. The Labute approximate surface area is 104 Å². The fraction of sp³-hybridized carbons (Fsp3) is 0.923. The molecule has 2 aliphatic rings. The molecule has 0 radical (unpaired) electrons. The third-order valence-corrected chi connectivity index (χ3v) is 3.90. The van der Waals surface area contributed by atoms with E-state index in [9.17, 15) is 4.79 Å². The van der Waals surface area contributed by atoms with Gasteiger partial charge in [0, 0.05) is 31.6 Å². The van der Waals surface area contributed by atoms with Crippen molar-refractivity contribution in [1.29, 1.82) is 0 Å². The molecule has 0 aliphatic carbocycles. The van der Waals surface area contributed by atoms with Crippen LogP contribution < -0.4 is 5.73 Å². The van der Waals surface area contributed by atoms with Gasteiger partial charge in [-0.3, -0.25) is 9.69 Å². The van der Waals surface area contributed by atoms with Gasteiger partial charge in [-0.1, -0.05) is 0 Å². The van der Waals surface area contributed by atoms with Crippen LogP contribution in [0.5, 0.6) is 0 Å². The Balaban J connectivity index is 1.85. The van der Waals surface area contributed by atoms with Gasteiger partial charge in [-0.05, 0) is 45.7 Å². The van der Waals surface area contributed by atoms with E-state index in [0.717, 1.165) is 19.5 Å². The lowest BCUT2D eigenvalue weighted by molar-refractivity contribution is -0.133. The number of amides is 1. The van der Waals surface area contributed by atoms with Crippen molar-refractivity contribution in [2.24, 2.45) is 5.73 Å². The molecule has 2 saturated heterocycles. The largest absolute Gasteiger partial charge is 0.341 e. The predicted octanol–water partition coefficient (Wildman–Crippen LogP) is 0.811. The Kier molecular flexibility index (Phi) is 4.40. The van der Waals surface area contributed by atoms with E-state index >= 15 is 0 Å². The van der Waals surface area contributed by atoms with E-state index < -0.39 is 0 Å². The number of nitrogens with two attached hydrogens (primary N) is 1. The van der Waals surface area contributed by atoms with Crippen LogP contribution in [-0.4, -0.2) is 54.0 Å². The number of carbonyl (C=O) groups excluding carboxylic acids is 1. The van der Waals surface area contributed by atoms with Gasteiger partial charge in [0.05, 0.1) is 0 Å². The molecule has 0 saturated carbocycles. The number of likely N-dealkylation sites (tertiary alicyclic amines) is 2. The smallest absolute Gasteiger partial charge is 0.224 e. The molecule has 98 valence electrons. The van der Waals surface area contributed by atoms with Crippen molar-refractivity contribution >= 4 is 5.91 Å². The van der Waals surface area contributed by atoms with Crippen molar-refractivity contribution in [3.63, 3.8) is 0 Å². The third-order valence-electron chi connectivity index (χ3n) is 3.90. The van der Waals surface area contributed by atoms with Crippen LogP contribution in [0.2, 0.25) is 0 Å². The van der Waals surface area contributed by atoms with Gasteiger partial charge >= 0.3 is 0 Å². The minimum absolute atomic E-state index is 0.0188. The first-order valence-corrected chi connectivity index (χ1v) is 6.94. The molecule has 0 bridgehead atoms. The van der Waals surface area contributed by atoms with Crippen molar-refractivity contribution in [1.82, 2.24) is 9.80 Å². The van der Waals surface area contributed by atoms with Crippen LogP contribution in [0.3, 0.4) is 0 Å². The first-order chi connectivity index (χ1) is 8.16. The first kappa shape index (κ1) is 12.8. The maximum atomic E-state index is 12.0. The number of nitrogens with zero attached hydrogens (tertiary/aromatic N) is 2. The summed E-state index contributed by atoms with van der Waals surface area (Å²) in [6.45, 7) is 6.20. The average molecular weight is 239 g/mol. The second-order valence-corrected chi connectivity index (χ2v) is 5.56. The molecule has 0 aromatic rings. The quantitative estimate of drug-likeness (QED) is 0.793. The molecular formula is C13H25N3O. The fourth-order valence-corrected chi connectivity index (χ4v) is 2.99.